The van der Waals surface area contributed by atoms with E-state index in [9.17, 15) is 9.18 Å². The molecule has 0 aromatic heterocycles. The van der Waals surface area contributed by atoms with Crippen molar-refractivity contribution in [2.24, 2.45) is 5.92 Å². The maximum Gasteiger partial charge on any atom is 0.310 e. The minimum Gasteiger partial charge on any atom is -0.469 e. The standard InChI is InChI=1S/C8H14FNO3/c1-5(8(11)12-2)6-7(9)13-4-3-10-6/h5-7,10H,3-4H2,1-2H3. The Bertz CT molecular complexity index is 188. The largest absolute Gasteiger partial charge is 0.469 e. The molecule has 76 valence electrons. The molecule has 3 unspecified atom stereocenters. The first-order chi connectivity index (χ1) is 6.16. The SMILES string of the molecule is COC(=O)C(C)C1NCCOC1F. The van der Waals surface area contributed by atoms with Crippen molar-refractivity contribution in [3.8, 4) is 0 Å². The minimum absolute atomic E-state index is 0.339. The predicted octanol–water partition coefficient (Wildman–Crippen LogP) is 0.0795. The normalized spacial score (nSPS) is 31.0. The number of methoxy groups -OCH3 is 1. The van der Waals surface area contributed by atoms with Crippen LogP contribution in [0.1, 0.15) is 6.92 Å². The van der Waals surface area contributed by atoms with Gasteiger partial charge in [0.25, 0.3) is 0 Å². The van der Waals surface area contributed by atoms with E-state index in [4.69, 9.17) is 4.74 Å². The smallest absolute Gasteiger partial charge is 0.310 e. The average Bonchev–Trinajstić information content (AvgIpc) is 2.16. The molecule has 1 aliphatic heterocycles. The summed E-state index contributed by atoms with van der Waals surface area (Å²) in [6, 6.07) is -0.596. The van der Waals surface area contributed by atoms with Crippen LogP contribution >= 0.6 is 0 Å². The molecule has 4 nitrogen and oxygen atoms in total. The second-order valence-electron chi connectivity index (χ2n) is 3.01. The van der Waals surface area contributed by atoms with Gasteiger partial charge in [-0.05, 0) is 0 Å². The molecule has 3 atom stereocenters. The summed E-state index contributed by atoms with van der Waals surface area (Å²) < 4.78 is 22.4. The Morgan fingerprint density at radius 2 is 2.46 bits per heavy atom. The summed E-state index contributed by atoms with van der Waals surface area (Å²) in [4.78, 5) is 11.1. The van der Waals surface area contributed by atoms with Crippen LogP contribution in [0, 0.1) is 5.92 Å². The third-order valence-corrected chi connectivity index (χ3v) is 2.15. The zero-order valence-corrected chi connectivity index (χ0v) is 7.75. The van der Waals surface area contributed by atoms with E-state index in [1.165, 1.54) is 7.11 Å². The van der Waals surface area contributed by atoms with Gasteiger partial charge in [0.2, 0.25) is 6.36 Å². The summed E-state index contributed by atoms with van der Waals surface area (Å²) in [5.74, 6) is -0.953. The molecule has 0 radical (unpaired) electrons. The fourth-order valence-corrected chi connectivity index (χ4v) is 1.33. The molecule has 0 bridgehead atoms. The Kier molecular flexibility index (Phi) is 3.62. The highest BCUT2D eigenvalue weighted by Crippen LogP contribution is 2.15. The van der Waals surface area contributed by atoms with Crippen LogP contribution in [0.15, 0.2) is 0 Å². The monoisotopic (exact) mass is 191 g/mol. The highest BCUT2D eigenvalue weighted by atomic mass is 19.1. The summed E-state index contributed by atoms with van der Waals surface area (Å²) in [6.07, 6.45) is -1.43. The van der Waals surface area contributed by atoms with Gasteiger partial charge in [0, 0.05) is 6.54 Å². The molecule has 0 aliphatic carbocycles. The van der Waals surface area contributed by atoms with Gasteiger partial charge in [-0.25, -0.2) is 4.39 Å². The van der Waals surface area contributed by atoms with E-state index >= 15 is 0 Å². The van der Waals surface area contributed by atoms with Gasteiger partial charge in [0.1, 0.15) is 0 Å². The number of ether oxygens (including phenoxy) is 2. The molecular formula is C8H14FNO3. The lowest BCUT2D eigenvalue weighted by molar-refractivity contribution is -0.153. The van der Waals surface area contributed by atoms with E-state index < -0.39 is 24.3 Å². The molecule has 1 aliphatic rings. The van der Waals surface area contributed by atoms with Gasteiger partial charge in [0.15, 0.2) is 0 Å². The Morgan fingerprint density at radius 3 is 3.00 bits per heavy atom. The summed E-state index contributed by atoms with van der Waals surface area (Å²) in [6.45, 7) is 2.52. The Hall–Kier alpha value is -0.680. The molecule has 0 saturated carbocycles. The lowest BCUT2D eigenvalue weighted by Crippen LogP contribution is -2.51. The number of hydrogen-bond acceptors (Lipinski definition) is 4. The number of rotatable bonds is 2. The van der Waals surface area contributed by atoms with Gasteiger partial charge in [-0.3, -0.25) is 4.79 Å². The van der Waals surface area contributed by atoms with Crippen LogP contribution in [0.2, 0.25) is 0 Å². The fraction of sp³-hybridized carbons (Fsp3) is 0.875. The second-order valence-corrected chi connectivity index (χ2v) is 3.01. The van der Waals surface area contributed by atoms with Gasteiger partial charge >= 0.3 is 5.97 Å². The number of carbonyl (C=O) groups is 1. The molecule has 0 aromatic rings. The minimum atomic E-state index is -1.43. The first-order valence-corrected chi connectivity index (χ1v) is 4.23. The van der Waals surface area contributed by atoms with Crippen molar-refractivity contribution in [3.05, 3.63) is 0 Å². The quantitative estimate of drug-likeness (QED) is 0.628. The van der Waals surface area contributed by atoms with Crippen LogP contribution in [-0.2, 0) is 14.3 Å². The van der Waals surface area contributed by atoms with Crippen LogP contribution in [-0.4, -0.2) is 38.6 Å². The summed E-state index contributed by atoms with van der Waals surface area (Å²) in [5.41, 5.74) is 0. The van der Waals surface area contributed by atoms with Crippen molar-refractivity contribution in [3.63, 3.8) is 0 Å². The number of esters is 1. The van der Waals surface area contributed by atoms with Crippen LogP contribution in [0.5, 0.6) is 0 Å². The molecule has 0 aromatic carbocycles. The molecule has 1 saturated heterocycles. The van der Waals surface area contributed by atoms with Gasteiger partial charge in [-0.1, -0.05) is 6.92 Å². The van der Waals surface area contributed by atoms with Crippen molar-refractivity contribution < 1.29 is 18.7 Å². The second kappa shape index (κ2) is 4.53. The maximum absolute atomic E-state index is 13.1. The molecule has 0 spiro atoms. The van der Waals surface area contributed by atoms with Gasteiger partial charge < -0.3 is 14.8 Å². The number of carbonyl (C=O) groups excluding carboxylic acids is 1. The molecule has 1 fully saturated rings. The zero-order valence-electron chi connectivity index (χ0n) is 7.75. The molecule has 1 rings (SSSR count). The van der Waals surface area contributed by atoms with E-state index in [0.717, 1.165) is 0 Å². The number of hydrogen-bond donors (Lipinski definition) is 1. The van der Waals surface area contributed by atoms with Crippen molar-refractivity contribution in [2.75, 3.05) is 20.3 Å². The first kappa shape index (κ1) is 10.4. The molecule has 0 amide bonds. The molecule has 1 heterocycles. The number of alkyl halides is 1. The zero-order chi connectivity index (χ0) is 9.84. The lowest BCUT2D eigenvalue weighted by Gasteiger charge is -2.30. The van der Waals surface area contributed by atoms with Crippen molar-refractivity contribution >= 4 is 5.97 Å². The number of nitrogens with one attached hydrogen (secondary N) is 1. The van der Waals surface area contributed by atoms with E-state index in [1.54, 1.807) is 6.92 Å². The van der Waals surface area contributed by atoms with Crippen molar-refractivity contribution in [2.45, 2.75) is 19.3 Å². The lowest BCUT2D eigenvalue weighted by atomic mass is 10.0. The highest BCUT2D eigenvalue weighted by Gasteiger charge is 2.34. The van der Waals surface area contributed by atoms with Gasteiger partial charge in [0.05, 0.1) is 25.7 Å². The Labute approximate surface area is 76.4 Å². The average molecular weight is 191 g/mol. The topological polar surface area (TPSA) is 47.6 Å². The third kappa shape index (κ3) is 2.38. The van der Waals surface area contributed by atoms with Gasteiger partial charge in [-0.15, -0.1) is 0 Å². The fourth-order valence-electron chi connectivity index (χ4n) is 1.33. The van der Waals surface area contributed by atoms with Crippen molar-refractivity contribution in [1.82, 2.24) is 5.32 Å². The Morgan fingerprint density at radius 1 is 1.77 bits per heavy atom. The maximum atomic E-state index is 13.1. The van der Waals surface area contributed by atoms with Crippen LogP contribution < -0.4 is 5.32 Å². The van der Waals surface area contributed by atoms with Crippen LogP contribution in [0.25, 0.3) is 0 Å². The summed E-state index contributed by atoms with van der Waals surface area (Å²) in [5, 5.41) is 2.88. The summed E-state index contributed by atoms with van der Waals surface area (Å²) in [7, 11) is 1.29. The number of morpholine rings is 1. The first-order valence-electron chi connectivity index (χ1n) is 4.23. The summed E-state index contributed by atoms with van der Waals surface area (Å²) >= 11 is 0. The van der Waals surface area contributed by atoms with E-state index in [2.05, 4.69) is 10.1 Å². The highest BCUT2D eigenvalue weighted by molar-refractivity contribution is 5.72. The van der Waals surface area contributed by atoms with E-state index in [1.807, 2.05) is 0 Å². The molecular weight excluding hydrogens is 177 g/mol. The van der Waals surface area contributed by atoms with Crippen LogP contribution in [0.4, 0.5) is 4.39 Å². The Balaban J connectivity index is 2.53. The number of halogens is 1. The third-order valence-electron chi connectivity index (χ3n) is 2.15. The van der Waals surface area contributed by atoms with Crippen LogP contribution in [0.3, 0.4) is 0 Å². The van der Waals surface area contributed by atoms with E-state index in [-0.39, 0.29) is 0 Å². The van der Waals surface area contributed by atoms with E-state index in [0.29, 0.717) is 13.2 Å². The molecule has 13 heavy (non-hydrogen) atoms. The van der Waals surface area contributed by atoms with Gasteiger partial charge in [-0.2, -0.15) is 0 Å². The van der Waals surface area contributed by atoms with Crippen molar-refractivity contribution in [1.29, 1.82) is 0 Å². The molecule has 1 N–H and O–H groups in total. The molecule has 5 heteroatoms. The predicted molar refractivity (Wildman–Crippen MR) is 43.8 cm³/mol.